The largest absolute Gasteiger partial charge is 0.395 e. The van der Waals surface area contributed by atoms with Crippen molar-refractivity contribution < 1.29 is 9.90 Å². The molecule has 2 N–H and O–H groups in total. The molecule has 2 rings (SSSR count). The number of rotatable bonds is 5. The van der Waals surface area contributed by atoms with Crippen LogP contribution in [0.4, 0.5) is 5.69 Å². The van der Waals surface area contributed by atoms with Gasteiger partial charge in [-0.1, -0.05) is 25.1 Å². The number of likely N-dealkylation sites (tertiary alicyclic amines) is 1. The van der Waals surface area contributed by atoms with E-state index in [0.29, 0.717) is 12.5 Å². The molecule has 1 aromatic rings. The van der Waals surface area contributed by atoms with Gasteiger partial charge < -0.3 is 10.4 Å². The van der Waals surface area contributed by atoms with E-state index in [2.05, 4.69) is 17.1 Å². The number of aliphatic hydroxyl groups excluding tert-OH is 1. The van der Waals surface area contributed by atoms with Gasteiger partial charge in [0.2, 0.25) is 5.91 Å². The molecule has 1 heterocycles. The standard InChI is InChI=1S/C17H26N2O2/c1-13-9-10-19(15(13)11-20)12-17(2,3)16(21)18-14-7-5-4-6-8-14/h4-8,13,15,20H,9-12H2,1-3H3,(H,18,21). The van der Waals surface area contributed by atoms with Crippen LogP contribution >= 0.6 is 0 Å². The van der Waals surface area contributed by atoms with E-state index in [0.717, 1.165) is 18.7 Å². The summed E-state index contributed by atoms with van der Waals surface area (Å²) in [6, 6.07) is 9.70. The molecular formula is C17H26N2O2. The highest BCUT2D eigenvalue weighted by atomic mass is 16.3. The molecule has 0 aliphatic carbocycles. The van der Waals surface area contributed by atoms with E-state index in [9.17, 15) is 9.90 Å². The fourth-order valence-electron chi connectivity index (χ4n) is 2.98. The second-order valence-electron chi connectivity index (χ2n) is 6.69. The summed E-state index contributed by atoms with van der Waals surface area (Å²) >= 11 is 0. The van der Waals surface area contributed by atoms with Gasteiger partial charge in [-0.15, -0.1) is 0 Å². The highest BCUT2D eigenvalue weighted by Gasteiger charge is 2.37. The molecule has 1 fully saturated rings. The summed E-state index contributed by atoms with van der Waals surface area (Å²) in [5.41, 5.74) is 0.330. The maximum Gasteiger partial charge on any atom is 0.231 e. The average molecular weight is 290 g/mol. The van der Waals surface area contributed by atoms with Gasteiger partial charge >= 0.3 is 0 Å². The molecule has 21 heavy (non-hydrogen) atoms. The molecule has 2 atom stereocenters. The van der Waals surface area contributed by atoms with Crippen LogP contribution in [0.2, 0.25) is 0 Å². The van der Waals surface area contributed by atoms with Gasteiger partial charge in [0.1, 0.15) is 0 Å². The average Bonchev–Trinajstić information content (AvgIpc) is 2.79. The zero-order valence-electron chi connectivity index (χ0n) is 13.2. The third kappa shape index (κ3) is 3.83. The van der Waals surface area contributed by atoms with Gasteiger partial charge in [0, 0.05) is 18.3 Å². The van der Waals surface area contributed by atoms with Crippen LogP contribution in [-0.4, -0.2) is 41.7 Å². The van der Waals surface area contributed by atoms with Crippen molar-refractivity contribution in [2.75, 3.05) is 25.0 Å². The van der Waals surface area contributed by atoms with Crippen LogP contribution in [0.15, 0.2) is 30.3 Å². The number of aliphatic hydroxyl groups is 1. The lowest BCUT2D eigenvalue weighted by Crippen LogP contribution is -2.45. The number of amides is 1. The van der Waals surface area contributed by atoms with Gasteiger partial charge in [0.15, 0.2) is 0 Å². The lowest BCUT2D eigenvalue weighted by Gasteiger charge is -2.33. The second-order valence-corrected chi connectivity index (χ2v) is 6.69. The molecule has 1 aliphatic heterocycles. The minimum Gasteiger partial charge on any atom is -0.395 e. The molecule has 1 aromatic carbocycles. The maximum atomic E-state index is 12.5. The minimum absolute atomic E-state index is 0.0185. The van der Waals surface area contributed by atoms with Crippen molar-refractivity contribution in [1.82, 2.24) is 4.90 Å². The quantitative estimate of drug-likeness (QED) is 0.875. The monoisotopic (exact) mass is 290 g/mol. The Balaban J connectivity index is 1.99. The van der Waals surface area contributed by atoms with Crippen molar-refractivity contribution in [3.63, 3.8) is 0 Å². The Morgan fingerprint density at radius 1 is 1.38 bits per heavy atom. The fraction of sp³-hybridized carbons (Fsp3) is 0.588. The maximum absolute atomic E-state index is 12.5. The number of nitrogens with one attached hydrogen (secondary N) is 1. The number of anilines is 1. The van der Waals surface area contributed by atoms with Crippen molar-refractivity contribution in [2.24, 2.45) is 11.3 Å². The van der Waals surface area contributed by atoms with Gasteiger partial charge in [-0.05, 0) is 44.9 Å². The number of carbonyl (C=O) groups is 1. The van der Waals surface area contributed by atoms with Crippen molar-refractivity contribution in [3.05, 3.63) is 30.3 Å². The van der Waals surface area contributed by atoms with Gasteiger partial charge in [-0.25, -0.2) is 0 Å². The van der Waals surface area contributed by atoms with Gasteiger partial charge in [0.05, 0.1) is 12.0 Å². The summed E-state index contributed by atoms with van der Waals surface area (Å²) in [5.74, 6) is 0.507. The molecule has 1 saturated heterocycles. The van der Waals surface area contributed by atoms with E-state index >= 15 is 0 Å². The molecule has 0 radical (unpaired) electrons. The number of hydrogen-bond acceptors (Lipinski definition) is 3. The molecule has 2 unspecified atom stereocenters. The Morgan fingerprint density at radius 3 is 2.67 bits per heavy atom. The Bertz CT molecular complexity index is 473. The smallest absolute Gasteiger partial charge is 0.231 e. The number of hydrogen-bond donors (Lipinski definition) is 2. The molecule has 0 bridgehead atoms. The first-order valence-electron chi connectivity index (χ1n) is 7.65. The van der Waals surface area contributed by atoms with E-state index in [1.807, 2.05) is 44.2 Å². The Morgan fingerprint density at radius 2 is 2.05 bits per heavy atom. The highest BCUT2D eigenvalue weighted by molar-refractivity contribution is 5.94. The van der Waals surface area contributed by atoms with E-state index in [1.165, 1.54) is 0 Å². The Labute approximate surface area is 127 Å². The third-order valence-electron chi connectivity index (χ3n) is 4.43. The number of nitrogens with zero attached hydrogens (tertiary/aromatic N) is 1. The Kier molecular flexibility index (Phi) is 5.01. The van der Waals surface area contributed by atoms with E-state index in [-0.39, 0.29) is 18.6 Å². The summed E-state index contributed by atoms with van der Waals surface area (Å²) in [6.45, 7) is 7.87. The van der Waals surface area contributed by atoms with Crippen LogP contribution in [0.1, 0.15) is 27.2 Å². The first-order valence-corrected chi connectivity index (χ1v) is 7.65. The second kappa shape index (κ2) is 6.58. The first kappa shape index (κ1) is 16.0. The van der Waals surface area contributed by atoms with Crippen LogP contribution in [0.3, 0.4) is 0 Å². The number of para-hydroxylation sites is 1. The van der Waals surface area contributed by atoms with Crippen molar-refractivity contribution in [3.8, 4) is 0 Å². The van der Waals surface area contributed by atoms with E-state index in [1.54, 1.807) is 0 Å². The molecule has 0 aromatic heterocycles. The van der Waals surface area contributed by atoms with E-state index in [4.69, 9.17) is 0 Å². The predicted molar refractivity (Wildman–Crippen MR) is 85.1 cm³/mol. The van der Waals surface area contributed by atoms with Crippen LogP contribution in [0.25, 0.3) is 0 Å². The molecule has 116 valence electrons. The molecule has 0 spiro atoms. The van der Waals surface area contributed by atoms with Gasteiger partial charge in [0.25, 0.3) is 0 Å². The normalized spacial score (nSPS) is 23.2. The minimum atomic E-state index is -0.493. The molecular weight excluding hydrogens is 264 g/mol. The summed E-state index contributed by atoms with van der Waals surface area (Å²) in [6.07, 6.45) is 1.08. The Hall–Kier alpha value is -1.39. The van der Waals surface area contributed by atoms with Crippen molar-refractivity contribution in [1.29, 1.82) is 0 Å². The summed E-state index contributed by atoms with van der Waals surface area (Å²) in [4.78, 5) is 14.7. The zero-order valence-corrected chi connectivity index (χ0v) is 13.2. The topological polar surface area (TPSA) is 52.6 Å². The number of benzene rings is 1. The summed E-state index contributed by atoms with van der Waals surface area (Å²) < 4.78 is 0. The highest BCUT2D eigenvalue weighted by Crippen LogP contribution is 2.28. The molecule has 1 aliphatic rings. The van der Waals surface area contributed by atoms with Crippen molar-refractivity contribution in [2.45, 2.75) is 33.2 Å². The summed E-state index contributed by atoms with van der Waals surface area (Å²) in [5, 5.41) is 12.5. The predicted octanol–water partition coefficient (Wildman–Crippen LogP) is 2.35. The summed E-state index contributed by atoms with van der Waals surface area (Å²) in [7, 11) is 0. The lowest BCUT2D eigenvalue weighted by molar-refractivity contribution is -0.125. The van der Waals surface area contributed by atoms with Crippen LogP contribution in [0.5, 0.6) is 0 Å². The lowest BCUT2D eigenvalue weighted by atomic mass is 9.90. The van der Waals surface area contributed by atoms with Crippen LogP contribution in [-0.2, 0) is 4.79 Å². The van der Waals surface area contributed by atoms with Crippen LogP contribution < -0.4 is 5.32 Å². The van der Waals surface area contributed by atoms with E-state index < -0.39 is 5.41 Å². The van der Waals surface area contributed by atoms with Gasteiger partial charge in [-0.2, -0.15) is 0 Å². The van der Waals surface area contributed by atoms with Gasteiger partial charge in [-0.3, -0.25) is 9.69 Å². The molecule has 1 amide bonds. The fourth-order valence-corrected chi connectivity index (χ4v) is 2.98. The SMILES string of the molecule is CC1CCN(CC(C)(C)C(=O)Nc2ccccc2)C1CO. The van der Waals surface area contributed by atoms with Crippen molar-refractivity contribution >= 4 is 11.6 Å². The zero-order chi connectivity index (χ0) is 15.5. The molecule has 4 nitrogen and oxygen atoms in total. The first-order chi connectivity index (χ1) is 9.94. The van der Waals surface area contributed by atoms with Crippen LogP contribution in [0, 0.1) is 11.3 Å². The molecule has 4 heteroatoms. The number of carbonyl (C=O) groups excluding carboxylic acids is 1. The molecule has 0 saturated carbocycles. The third-order valence-corrected chi connectivity index (χ3v) is 4.43.